The monoisotopic (exact) mass is 372 g/mol. The summed E-state index contributed by atoms with van der Waals surface area (Å²) in [5, 5.41) is 10.8. The van der Waals surface area contributed by atoms with E-state index in [1.807, 2.05) is 0 Å². The third-order valence-electron chi connectivity index (χ3n) is 3.41. The molecule has 0 spiro atoms. The van der Waals surface area contributed by atoms with Gasteiger partial charge in [0.1, 0.15) is 5.00 Å². The molecule has 0 fully saturated rings. The van der Waals surface area contributed by atoms with Gasteiger partial charge in [-0.15, -0.1) is 11.3 Å². The Balaban J connectivity index is 1.70. The average Bonchev–Trinajstić information content (AvgIpc) is 3.08. The number of carbonyl (C=O) groups is 3. The summed E-state index contributed by atoms with van der Waals surface area (Å²) < 4.78 is 4.94. The Labute approximate surface area is 149 Å². The summed E-state index contributed by atoms with van der Waals surface area (Å²) >= 11 is 1.11. The molecular weight excluding hydrogens is 360 g/mol. The Morgan fingerprint density at radius 2 is 1.92 bits per heavy atom. The lowest BCUT2D eigenvalue weighted by atomic mass is 10.1. The zero-order valence-corrected chi connectivity index (χ0v) is 14.0. The second-order valence-corrected chi connectivity index (χ2v) is 6.01. The first-order valence-electron chi connectivity index (χ1n) is 7.29. The molecule has 2 amide bonds. The van der Waals surface area contributed by atoms with E-state index in [0.717, 1.165) is 11.3 Å². The number of esters is 1. The smallest absolute Gasteiger partial charge is 0.359 e. The average molecular weight is 372 g/mol. The number of carbonyl (C=O) groups excluding carboxylic acids is 3. The highest BCUT2D eigenvalue weighted by Crippen LogP contribution is 2.22. The Morgan fingerprint density at radius 1 is 1.19 bits per heavy atom. The molecular formula is C16H12N4O5S. The number of rotatable bonds is 5. The summed E-state index contributed by atoms with van der Waals surface area (Å²) in [7, 11) is 0. The normalized spacial score (nSPS) is 10.5. The zero-order valence-electron chi connectivity index (χ0n) is 13.1. The molecule has 2 aromatic heterocycles. The predicted octanol–water partition coefficient (Wildman–Crippen LogP) is 0.879. The minimum atomic E-state index is -0.867. The fourth-order valence-corrected chi connectivity index (χ4v) is 3.04. The van der Waals surface area contributed by atoms with Crippen LogP contribution in [0.2, 0.25) is 0 Å². The van der Waals surface area contributed by atoms with Crippen LogP contribution in [0.5, 0.6) is 0 Å². The molecule has 1 aromatic carbocycles. The van der Waals surface area contributed by atoms with Gasteiger partial charge in [-0.05, 0) is 17.5 Å². The highest BCUT2D eigenvalue weighted by atomic mass is 32.1. The molecule has 0 saturated heterocycles. The second-order valence-electron chi connectivity index (χ2n) is 5.10. The number of aromatic nitrogens is 2. The van der Waals surface area contributed by atoms with Crippen LogP contribution in [0.1, 0.15) is 20.8 Å². The minimum absolute atomic E-state index is 0.109. The molecule has 0 unspecified atom stereocenters. The van der Waals surface area contributed by atoms with E-state index in [1.165, 1.54) is 6.07 Å². The van der Waals surface area contributed by atoms with Crippen molar-refractivity contribution in [1.82, 2.24) is 10.2 Å². The van der Waals surface area contributed by atoms with Crippen molar-refractivity contribution in [3.8, 4) is 0 Å². The molecule has 132 valence electrons. The van der Waals surface area contributed by atoms with Gasteiger partial charge in [0.15, 0.2) is 12.3 Å². The van der Waals surface area contributed by atoms with E-state index in [0.29, 0.717) is 5.39 Å². The molecule has 9 nitrogen and oxygen atoms in total. The van der Waals surface area contributed by atoms with Crippen molar-refractivity contribution in [3.05, 3.63) is 57.3 Å². The third-order valence-corrected chi connectivity index (χ3v) is 4.24. The van der Waals surface area contributed by atoms with Crippen molar-refractivity contribution in [3.63, 3.8) is 0 Å². The SMILES string of the molecule is NC(=O)c1ccsc1NC(=O)COC(=O)c1n[nH]c(=O)c2ccccc12. The van der Waals surface area contributed by atoms with Gasteiger partial charge in [-0.3, -0.25) is 14.4 Å². The van der Waals surface area contributed by atoms with Crippen molar-refractivity contribution < 1.29 is 19.1 Å². The number of primary amides is 1. The standard InChI is InChI=1S/C16H12N4O5S/c17-13(22)10-5-6-26-15(10)18-11(21)7-25-16(24)12-8-3-1-2-4-9(8)14(23)20-19-12/h1-6H,7H2,(H2,17,22)(H,18,21)(H,20,23). The maximum absolute atomic E-state index is 12.2. The van der Waals surface area contributed by atoms with Crippen LogP contribution < -0.4 is 16.6 Å². The number of nitrogens with one attached hydrogen (secondary N) is 2. The number of fused-ring (bicyclic) bond motifs is 1. The van der Waals surface area contributed by atoms with E-state index in [1.54, 1.807) is 29.6 Å². The van der Waals surface area contributed by atoms with Gasteiger partial charge in [-0.1, -0.05) is 18.2 Å². The summed E-state index contributed by atoms with van der Waals surface area (Å²) in [6.45, 7) is -0.593. The van der Waals surface area contributed by atoms with Crippen LogP contribution in [-0.2, 0) is 9.53 Å². The van der Waals surface area contributed by atoms with Crippen LogP contribution in [-0.4, -0.2) is 34.6 Å². The van der Waals surface area contributed by atoms with Gasteiger partial charge in [0, 0.05) is 5.39 Å². The van der Waals surface area contributed by atoms with Crippen molar-refractivity contribution in [2.24, 2.45) is 5.73 Å². The molecule has 0 aliphatic rings. The number of aromatic amines is 1. The molecule has 0 aliphatic heterocycles. The Kier molecular flexibility index (Phi) is 4.76. The number of ether oxygens (including phenoxy) is 1. The van der Waals surface area contributed by atoms with E-state index in [2.05, 4.69) is 15.5 Å². The largest absolute Gasteiger partial charge is 0.451 e. The summed E-state index contributed by atoms with van der Waals surface area (Å²) in [5.41, 5.74) is 4.81. The third kappa shape index (κ3) is 3.44. The molecule has 0 bridgehead atoms. The number of benzene rings is 1. The van der Waals surface area contributed by atoms with Gasteiger partial charge in [-0.2, -0.15) is 5.10 Å². The molecule has 3 aromatic rings. The number of hydrogen-bond donors (Lipinski definition) is 3. The summed E-state index contributed by atoms with van der Waals surface area (Å²) in [5.74, 6) is -2.19. The van der Waals surface area contributed by atoms with Crippen LogP contribution >= 0.6 is 11.3 Å². The first kappa shape index (κ1) is 17.3. The lowest BCUT2D eigenvalue weighted by molar-refractivity contribution is -0.119. The quantitative estimate of drug-likeness (QED) is 0.567. The maximum atomic E-state index is 12.2. The minimum Gasteiger partial charge on any atom is -0.451 e. The zero-order chi connectivity index (χ0) is 18.7. The lowest BCUT2D eigenvalue weighted by Gasteiger charge is -2.07. The molecule has 2 heterocycles. The fraction of sp³-hybridized carbons (Fsp3) is 0.0625. The van der Waals surface area contributed by atoms with Gasteiger partial charge in [-0.25, -0.2) is 9.89 Å². The van der Waals surface area contributed by atoms with Crippen molar-refractivity contribution in [1.29, 1.82) is 0 Å². The van der Waals surface area contributed by atoms with Gasteiger partial charge in [0.25, 0.3) is 17.4 Å². The van der Waals surface area contributed by atoms with E-state index in [4.69, 9.17) is 10.5 Å². The molecule has 26 heavy (non-hydrogen) atoms. The molecule has 10 heteroatoms. The first-order chi connectivity index (χ1) is 12.5. The van der Waals surface area contributed by atoms with Crippen LogP contribution in [0, 0.1) is 0 Å². The lowest BCUT2D eigenvalue weighted by Crippen LogP contribution is -2.23. The van der Waals surface area contributed by atoms with Crippen LogP contribution in [0.4, 0.5) is 5.00 Å². The van der Waals surface area contributed by atoms with Gasteiger partial charge in [0.2, 0.25) is 0 Å². The maximum Gasteiger partial charge on any atom is 0.359 e. The molecule has 0 radical (unpaired) electrons. The van der Waals surface area contributed by atoms with Crippen LogP contribution in [0.15, 0.2) is 40.5 Å². The van der Waals surface area contributed by atoms with E-state index >= 15 is 0 Å². The second kappa shape index (κ2) is 7.15. The summed E-state index contributed by atoms with van der Waals surface area (Å²) in [6, 6.07) is 7.87. The summed E-state index contributed by atoms with van der Waals surface area (Å²) in [4.78, 5) is 47.1. The first-order valence-corrected chi connectivity index (χ1v) is 8.17. The van der Waals surface area contributed by atoms with Crippen LogP contribution in [0.3, 0.4) is 0 Å². The number of thiophene rings is 1. The number of anilines is 1. The number of amides is 2. The van der Waals surface area contributed by atoms with E-state index < -0.39 is 29.9 Å². The molecule has 4 N–H and O–H groups in total. The number of nitrogens with zero attached hydrogens (tertiary/aromatic N) is 1. The van der Waals surface area contributed by atoms with Crippen molar-refractivity contribution in [2.45, 2.75) is 0 Å². The molecule has 0 atom stereocenters. The Bertz CT molecular complexity index is 1070. The van der Waals surface area contributed by atoms with E-state index in [-0.39, 0.29) is 21.6 Å². The Hall–Kier alpha value is -3.53. The van der Waals surface area contributed by atoms with Gasteiger partial charge < -0.3 is 15.8 Å². The fourth-order valence-electron chi connectivity index (χ4n) is 2.23. The highest BCUT2D eigenvalue weighted by molar-refractivity contribution is 7.14. The summed E-state index contributed by atoms with van der Waals surface area (Å²) in [6.07, 6.45) is 0. The molecule has 0 saturated carbocycles. The number of H-pyrrole nitrogens is 1. The van der Waals surface area contributed by atoms with Crippen LogP contribution in [0.25, 0.3) is 10.8 Å². The van der Waals surface area contributed by atoms with Gasteiger partial charge in [0.05, 0.1) is 10.9 Å². The molecule has 3 rings (SSSR count). The van der Waals surface area contributed by atoms with Crippen molar-refractivity contribution in [2.75, 3.05) is 11.9 Å². The predicted molar refractivity (Wildman–Crippen MR) is 94.1 cm³/mol. The van der Waals surface area contributed by atoms with E-state index in [9.17, 15) is 19.2 Å². The Morgan fingerprint density at radius 3 is 2.65 bits per heavy atom. The number of hydrogen-bond acceptors (Lipinski definition) is 7. The van der Waals surface area contributed by atoms with Crippen molar-refractivity contribution >= 4 is 44.9 Å². The topological polar surface area (TPSA) is 144 Å². The number of nitrogens with two attached hydrogens (primary N) is 1. The van der Waals surface area contributed by atoms with Gasteiger partial charge >= 0.3 is 5.97 Å². The highest BCUT2D eigenvalue weighted by Gasteiger charge is 2.18. The molecule has 0 aliphatic carbocycles.